The first kappa shape index (κ1) is 11.2. The SMILES string of the molecule is COC(=O)NS(=O)(=O)C(C)(C)C. The van der Waals surface area contributed by atoms with Crippen LogP contribution >= 0.6 is 0 Å². The first-order chi connectivity index (χ1) is 5.20. The quantitative estimate of drug-likeness (QED) is 0.660. The molecular weight excluding hydrogens is 182 g/mol. The number of amides is 1. The topological polar surface area (TPSA) is 72.5 Å². The van der Waals surface area contributed by atoms with Crippen molar-refractivity contribution in [2.24, 2.45) is 0 Å². The van der Waals surface area contributed by atoms with Gasteiger partial charge in [0.15, 0.2) is 0 Å². The molecule has 0 aromatic heterocycles. The van der Waals surface area contributed by atoms with Crippen LogP contribution in [0.1, 0.15) is 20.8 Å². The normalized spacial score (nSPS) is 12.3. The van der Waals surface area contributed by atoms with Crippen molar-refractivity contribution < 1.29 is 17.9 Å². The van der Waals surface area contributed by atoms with Crippen molar-refractivity contribution in [2.75, 3.05) is 7.11 Å². The lowest BCUT2D eigenvalue weighted by molar-refractivity contribution is 0.177. The van der Waals surface area contributed by atoms with Crippen LogP contribution in [0.15, 0.2) is 0 Å². The molecule has 0 unspecified atom stereocenters. The lowest BCUT2D eigenvalue weighted by Gasteiger charge is -2.18. The third-order valence-corrected chi connectivity index (χ3v) is 3.26. The summed E-state index contributed by atoms with van der Waals surface area (Å²) in [6, 6.07) is 0. The van der Waals surface area contributed by atoms with E-state index in [4.69, 9.17) is 0 Å². The second kappa shape index (κ2) is 3.30. The van der Waals surface area contributed by atoms with Crippen molar-refractivity contribution in [1.29, 1.82) is 0 Å². The molecule has 0 aliphatic rings. The third-order valence-electron chi connectivity index (χ3n) is 1.21. The molecule has 0 rings (SSSR count). The van der Waals surface area contributed by atoms with Crippen LogP contribution in [0.25, 0.3) is 0 Å². The van der Waals surface area contributed by atoms with Crippen molar-refractivity contribution in [3.8, 4) is 0 Å². The van der Waals surface area contributed by atoms with Gasteiger partial charge >= 0.3 is 6.09 Å². The summed E-state index contributed by atoms with van der Waals surface area (Å²) in [4.78, 5) is 10.6. The van der Waals surface area contributed by atoms with Crippen molar-refractivity contribution in [2.45, 2.75) is 25.5 Å². The zero-order valence-corrected chi connectivity index (χ0v) is 8.36. The first-order valence-corrected chi connectivity index (χ1v) is 4.79. The molecular formula is C6H13NO4S. The summed E-state index contributed by atoms with van der Waals surface area (Å²) in [7, 11) is -2.53. The maximum Gasteiger partial charge on any atom is 0.420 e. The van der Waals surface area contributed by atoms with Crippen molar-refractivity contribution in [3.63, 3.8) is 0 Å². The minimum Gasteiger partial charge on any atom is -0.452 e. The van der Waals surface area contributed by atoms with Crippen molar-refractivity contribution >= 4 is 16.1 Å². The van der Waals surface area contributed by atoms with Gasteiger partial charge in [0.2, 0.25) is 10.0 Å². The third kappa shape index (κ3) is 2.69. The van der Waals surface area contributed by atoms with E-state index in [1.165, 1.54) is 20.8 Å². The molecule has 0 aliphatic carbocycles. The molecule has 0 heterocycles. The number of carbonyl (C=O) groups is 1. The van der Waals surface area contributed by atoms with E-state index in [1.54, 1.807) is 4.72 Å². The van der Waals surface area contributed by atoms with Gasteiger partial charge in [0.1, 0.15) is 0 Å². The Hall–Kier alpha value is -0.780. The highest BCUT2D eigenvalue weighted by molar-refractivity contribution is 7.91. The van der Waals surface area contributed by atoms with Crippen LogP contribution in [0.5, 0.6) is 0 Å². The number of rotatable bonds is 1. The maximum atomic E-state index is 11.2. The Balaban J connectivity index is 4.58. The van der Waals surface area contributed by atoms with E-state index in [9.17, 15) is 13.2 Å². The van der Waals surface area contributed by atoms with Crippen molar-refractivity contribution in [1.82, 2.24) is 4.72 Å². The number of hydrogen-bond acceptors (Lipinski definition) is 4. The molecule has 0 spiro atoms. The predicted octanol–water partition coefficient (Wildman–Crippen LogP) is 0.471. The standard InChI is InChI=1S/C6H13NO4S/c1-6(2,3)12(9,10)7-5(8)11-4/h1-4H3,(H,7,8). The van der Waals surface area contributed by atoms with Gasteiger partial charge < -0.3 is 4.74 Å². The molecule has 0 aromatic carbocycles. The van der Waals surface area contributed by atoms with Crippen LogP contribution in [0.4, 0.5) is 4.79 Å². The highest BCUT2D eigenvalue weighted by Gasteiger charge is 2.30. The van der Waals surface area contributed by atoms with Crippen LogP contribution < -0.4 is 4.72 Å². The van der Waals surface area contributed by atoms with Crippen LogP contribution in [0.3, 0.4) is 0 Å². The predicted molar refractivity (Wildman–Crippen MR) is 44.2 cm³/mol. The monoisotopic (exact) mass is 195 g/mol. The number of carbonyl (C=O) groups excluding carboxylic acids is 1. The van der Waals surface area contributed by atoms with E-state index in [0.29, 0.717) is 0 Å². The number of methoxy groups -OCH3 is 1. The van der Waals surface area contributed by atoms with Crippen LogP contribution in [-0.4, -0.2) is 26.4 Å². The summed E-state index contributed by atoms with van der Waals surface area (Å²) in [5, 5.41) is 0. The molecule has 0 bridgehead atoms. The summed E-state index contributed by atoms with van der Waals surface area (Å²) in [5.41, 5.74) is 0. The van der Waals surface area contributed by atoms with E-state index in [2.05, 4.69) is 4.74 Å². The fraction of sp³-hybridized carbons (Fsp3) is 0.833. The Morgan fingerprint density at radius 1 is 1.33 bits per heavy atom. The molecule has 5 nitrogen and oxygen atoms in total. The molecule has 12 heavy (non-hydrogen) atoms. The van der Waals surface area contributed by atoms with Gasteiger partial charge in [-0.05, 0) is 20.8 Å². The summed E-state index contributed by atoms with van der Waals surface area (Å²) in [6.45, 7) is 4.45. The molecule has 1 amide bonds. The zero-order chi connectivity index (χ0) is 9.99. The van der Waals surface area contributed by atoms with Gasteiger partial charge in [-0.1, -0.05) is 0 Å². The Kier molecular flexibility index (Phi) is 3.09. The fourth-order valence-corrected chi connectivity index (χ4v) is 0.913. The Labute approximate surface area is 72.1 Å². The van der Waals surface area contributed by atoms with Gasteiger partial charge in [-0.3, -0.25) is 0 Å². The second-order valence-electron chi connectivity index (χ2n) is 3.21. The summed E-state index contributed by atoms with van der Waals surface area (Å²) >= 11 is 0. The van der Waals surface area contributed by atoms with E-state index < -0.39 is 20.9 Å². The van der Waals surface area contributed by atoms with Gasteiger partial charge in [-0.25, -0.2) is 17.9 Å². The molecule has 6 heteroatoms. The summed E-state index contributed by atoms with van der Waals surface area (Å²) < 4.78 is 27.3. The Bertz CT molecular complexity index is 262. The smallest absolute Gasteiger partial charge is 0.420 e. The minimum atomic E-state index is -3.63. The highest BCUT2D eigenvalue weighted by atomic mass is 32.2. The van der Waals surface area contributed by atoms with E-state index in [1.807, 2.05) is 0 Å². The van der Waals surface area contributed by atoms with Crippen molar-refractivity contribution in [3.05, 3.63) is 0 Å². The summed E-state index contributed by atoms with van der Waals surface area (Å²) in [6.07, 6.45) is -0.968. The Morgan fingerprint density at radius 3 is 2.00 bits per heavy atom. The molecule has 0 fully saturated rings. The fourth-order valence-electron chi connectivity index (χ4n) is 0.304. The van der Waals surface area contributed by atoms with Crippen LogP contribution in [0, 0.1) is 0 Å². The number of hydrogen-bond donors (Lipinski definition) is 1. The minimum absolute atomic E-state index is 0.968. The average Bonchev–Trinajstić information content (AvgIpc) is 1.84. The molecule has 72 valence electrons. The Morgan fingerprint density at radius 2 is 1.75 bits per heavy atom. The first-order valence-electron chi connectivity index (χ1n) is 3.31. The van der Waals surface area contributed by atoms with Gasteiger partial charge in [-0.2, -0.15) is 0 Å². The zero-order valence-electron chi connectivity index (χ0n) is 7.54. The van der Waals surface area contributed by atoms with Gasteiger partial charge in [0, 0.05) is 0 Å². The lowest BCUT2D eigenvalue weighted by atomic mass is 10.3. The number of ether oxygens (including phenoxy) is 1. The number of nitrogens with one attached hydrogen (secondary N) is 1. The van der Waals surface area contributed by atoms with Gasteiger partial charge in [-0.15, -0.1) is 0 Å². The molecule has 0 saturated heterocycles. The molecule has 0 aromatic rings. The molecule has 0 atom stereocenters. The maximum absolute atomic E-state index is 11.2. The molecule has 0 radical (unpaired) electrons. The van der Waals surface area contributed by atoms with Gasteiger partial charge in [0.05, 0.1) is 11.9 Å². The second-order valence-corrected chi connectivity index (χ2v) is 5.65. The van der Waals surface area contributed by atoms with E-state index in [0.717, 1.165) is 7.11 Å². The summed E-state index contributed by atoms with van der Waals surface area (Å²) in [5.74, 6) is 0. The largest absolute Gasteiger partial charge is 0.452 e. The van der Waals surface area contributed by atoms with Crippen LogP contribution in [0.2, 0.25) is 0 Å². The van der Waals surface area contributed by atoms with E-state index >= 15 is 0 Å². The average molecular weight is 195 g/mol. The molecule has 0 aliphatic heterocycles. The van der Waals surface area contributed by atoms with Crippen LogP contribution in [-0.2, 0) is 14.8 Å². The number of sulfonamides is 1. The lowest BCUT2D eigenvalue weighted by Crippen LogP contribution is -2.42. The highest BCUT2D eigenvalue weighted by Crippen LogP contribution is 2.12. The van der Waals surface area contributed by atoms with Gasteiger partial charge in [0.25, 0.3) is 0 Å². The molecule has 1 N–H and O–H groups in total. The van der Waals surface area contributed by atoms with E-state index in [-0.39, 0.29) is 0 Å². The molecule has 0 saturated carbocycles.